The molecule has 12 heteroatoms. The van der Waals surface area contributed by atoms with Gasteiger partial charge in [-0.2, -0.15) is 0 Å². The lowest BCUT2D eigenvalue weighted by Gasteiger charge is -2.14. The second-order valence-electron chi connectivity index (χ2n) is 32.8. The Balaban J connectivity index is 0.000000110. The minimum atomic E-state index is 0.635. The largest absolute Gasteiger partial charge is 0.456 e. The number of hydrogen-bond donors (Lipinski definition) is 0. The average Bonchev–Trinajstić information content (AvgIpc) is 1.71. The van der Waals surface area contributed by atoms with Gasteiger partial charge >= 0.3 is 0 Å². The van der Waals surface area contributed by atoms with Gasteiger partial charge in [-0.3, -0.25) is 0 Å². The number of nitrogens with zero attached hydrogens (tertiary/aromatic N) is 9. The average molecular weight is 1700 g/mol. The van der Waals surface area contributed by atoms with Crippen LogP contribution in [0.1, 0.15) is 0 Å². The third kappa shape index (κ3) is 14.7. The van der Waals surface area contributed by atoms with Crippen molar-refractivity contribution in [2.75, 3.05) is 0 Å². The van der Waals surface area contributed by atoms with Crippen LogP contribution in [0.25, 0.3) is 256 Å². The van der Waals surface area contributed by atoms with Crippen LogP contribution in [0.2, 0.25) is 0 Å². The molecule has 12 nitrogen and oxygen atoms in total. The third-order valence-electron chi connectivity index (χ3n) is 24.9. The Morgan fingerprint density at radius 3 is 0.677 bits per heavy atom. The molecule has 133 heavy (non-hydrogen) atoms. The molecule has 0 amide bonds. The van der Waals surface area contributed by atoms with Gasteiger partial charge in [0.15, 0.2) is 52.4 Å². The van der Waals surface area contributed by atoms with Crippen molar-refractivity contribution in [2.45, 2.75) is 0 Å². The first-order valence-corrected chi connectivity index (χ1v) is 44.4. The fourth-order valence-electron chi connectivity index (χ4n) is 18.7. The highest BCUT2D eigenvalue weighted by atomic mass is 16.3. The number of rotatable bonds is 13. The summed E-state index contributed by atoms with van der Waals surface area (Å²) in [5.74, 6) is 5.79. The Hall–Kier alpha value is -18.1. The van der Waals surface area contributed by atoms with Gasteiger partial charge < -0.3 is 13.3 Å². The first-order chi connectivity index (χ1) is 65.9. The van der Waals surface area contributed by atoms with Crippen LogP contribution in [0.3, 0.4) is 0 Å². The number of fused-ring (bicyclic) bond motifs is 13. The molecule has 20 aromatic carbocycles. The Labute approximate surface area is 763 Å². The van der Waals surface area contributed by atoms with Crippen molar-refractivity contribution >= 4 is 109 Å². The van der Waals surface area contributed by atoms with E-state index in [0.29, 0.717) is 52.4 Å². The van der Waals surface area contributed by atoms with Gasteiger partial charge in [0, 0.05) is 82.4 Å². The molecule has 0 radical (unpaired) electrons. The summed E-state index contributed by atoms with van der Waals surface area (Å²) in [6, 6.07) is 156. The molecule has 6 heterocycles. The van der Waals surface area contributed by atoms with Gasteiger partial charge in [-0.15, -0.1) is 0 Å². The molecule has 26 aromatic rings. The maximum Gasteiger partial charge on any atom is 0.164 e. The molecule has 0 N–H and O–H groups in total. The quantitative estimate of drug-likeness (QED) is 0.108. The van der Waals surface area contributed by atoms with E-state index in [2.05, 4.69) is 273 Å². The van der Waals surface area contributed by atoms with Gasteiger partial charge in [0.2, 0.25) is 0 Å². The molecule has 0 aliphatic carbocycles. The Kier molecular flexibility index (Phi) is 20.0. The molecule has 0 aliphatic rings. The van der Waals surface area contributed by atoms with Crippen molar-refractivity contribution in [3.8, 4) is 147 Å². The van der Waals surface area contributed by atoms with Gasteiger partial charge in [-0.05, 0) is 130 Å². The fourth-order valence-corrected chi connectivity index (χ4v) is 18.7. The zero-order valence-corrected chi connectivity index (χ0v) is 71.6. The van der Waals surface area contributed by atoms with Crippen LogP contribution in [0.15, 0.2) is 468 Å². The molecule has 0 bridgehead atoms. The summed E-state index contributed by atoms with van der Waals surface area (Å²) in [6.07, 6.45) is 0. The second-order valence-corrected chi connectivity index (χ2v) is 32.8. The van der Waals surface area contributed by atoms with Crippen LogP contribution in [-0.2, 0) is 0 Å². The van der Waals surface area contributed by atoms with Crippen molar-refractivity contribution < 1.29 is 13.3 Å². The fraction of sp³-hybridized carbons (Fsp3) is 0. The second kappa shape index (κ2) is 33.9. The zero-order chi connectivity index (χ0) is 88.1. The Morgan fingerprint density at radius 2 is 0.308 bits per heavy atom. The molecule has 6 aromatic heterocycles. The molecule has 0 saturated heterocycles. The van der Waals surface area contributed by atoms with Gasteiger partial charge in [0.05, 0.1) is 0 Å². The number of benzene rings is 20. The normalized spacial score (nSPS) is 11.5. The summed E-state index contributed by atoms with van der Waals surface area (Å²) in [4.78, 5) is 45.2. The predicted octanol–water partition coefficient (Wildman–Crippen LogP) is 31.6. The van der Waals surface area contributed by atoms with Crippen molar-refractivity contribution in [3.63, 3.8) is 0 Å². The lowest BCUT2D eigenvalue weighted by molar-refractivity contribution is 0.668. The summed E-state index contributed by atoms with van der Waals surface area (Å²) >= 11 is 0. The number of para-hydroxylation sites is 3. The van der Waals surface area contributed by atoms with Crippen molar-refractivity contribution in [1.29, 1.82) is 0 Å². The lowest BCUT2D eigenvalue weighted by atomic mass is 9.92. The van der Waals surface area contributed by atoms with Gasteiger partial charge in [-0.1, -0.05) is 413 Å². The van der Waals surface area contributed by atoms with Gasteiger partial charge in [-0.25, -0.2) is 44.9 Å². The molecule has 0 aliphatic heterocycles. The van der Waals surface area contributed by atoms with E-state index in [1.807, 2.05) is 182 Å². The van der Waals surface area contributed by atoms with E-state index in [4.69, 9.17) is 58.1 Å². The highest BCUT2D eigenvalue weighted by Crippen LogP contribution is 2.47. The summed E-state index contributed by atoms with van der Waals surface area (Å²) in [7, 11) is 0. The Bertz CT molecular complexity index is 8890. The molecular weight excluding hydrogens is 1630 g/mol. The maximum atomic E-state index is 6.24. The number of hydrogen-bond acceptors (Lipinski definition) is 12. The highest BCUT2D eigenvalue weighted by Gasteiger charge is 2.25. The minimum Gasteiger partial charge on any atom is -0.456 e. The lowest BCUT2D eigenvalue weighted by Crippen LogP contribution is -2.01. The SMILES string of the molecule is c1ccc(-c2ccc(-c3nc(-c4ccccc4)nc(-c4cccc5c(-c6cccc7oc8ccccc8c67)cccc45)n3)cc2)cc1.c1ccc(-c2nc(-c3cccc4ccccc34)nc(-c3ccc(-c4cccc5oc6ccccc6c45)c4ccccc34)n2)cc1.c1ccc(-c2nc(-c3ccccc3)nc(-c3cccc4c(-c5cccc6oc7ccccc7c56)cccc34)n2)cc1. The van der Waals surface area contributed by atoms with E-state index in [1.165, 1.54) is 5.56 Å². The van der Waals surface area contributed by atoms with Gasteiger partial charge in [0.25, 0.3) is 0 Å². The van der Waals surface area contributed by atoms with Crippen molar-refractivity contribution in [2.24, 2.45) is 0 Å². The van der Waals surface area contributed by atoms with Crippen LogP contribution in [0.4, 0.5) is 0 Å². The number of furan rings is 3. The molecule has 0 fully saturated rings. The first-order valence-electron chi connectivity index (χ1n) is 44.4. The standard InChI is InChI=1S/C43H27N3O.C41H25N3O.C37H23N3O/c1-3-12-28(13-4-1)29-24-26-31(27-25-29)42-44-41(30-14-5-2-6-15-30)45-43(46-42)36-21-10-17-32-33(18-9-19-34(32)36)35-20-11-23-39-40(35)37-16-7-8-22-38(37)47-39;1-2-13-27(14-3-1)39-42-40(33-21-10-15-26-12-4-5-16-28(26)33)44-41(43-39)34-25-24-31(29-17-6-7-18-30(29)34)32-20-11-23-37-38(32)35-19-8-9-22-36(35)45-37;1-3-12-24(13-4-1)35-38-36(25-14-5-2-6-15-25)40-37(39-35)30-21-10-17-26-27(18-9-19-28(26)30)29-20-11-23-33-34(29)31-16-7-8-22-32(31)41-33/h1-27H;1-25H;1-23H. The van der Waals surface area contributed by atoms with E-state index in [0.717, 1.165) is 198 Å². The smallest absolute Gasteiger partial charge is 0.164 e. The van der Waals surface area contributed by atoms with Crippen LogP contribution in [0, 0.1) is 0 Å². The van der Waals surface area contributed by atoms with E-state index in [-0.39, 0.29) is 0 Å². The van der Waals surface area contributed by atoms with E-state index in [9.17, 15) is 0 Å². The monoisotopic (exact) mass is 1700 g/mol. The predicted molar refractivity (Wildman–Crippen MR) is 542 cm³/mol. The molecule has 622 valence electrons. The van der Waals surface area contributed by atoms with E-state index >= 15 is 0 Å². The molecular formula is C121H75N9O3. The van der Waals surface area contributed by atoms with E-state index < -0.39 is 0 Å². The summed E-state index contributed by atoms with van der Waals surface area (Å²) in [5.41, 5.74) is 23.0. The minimum absolute atomic E-state index is 0.635. The van der Waals surface area contributed by atoms with Crippen LogP contribution in [-0.4, -0.2) is 44.9 Å². The maximum absolute atomic E-state index is 6.24. The molecule has 0 spiro atoms. The Morgan fingerprint density at radius 1 is 0.113 bits per heavy atom. The molecule has 26 rings (SSSR count). The van der Waals surface area contributed by atoms with E-state index in [1.54, 1.807) is 0 Å². The summed E-state index contributed by atoms with van der Waals surface area (Å²) in [6.45, 7) is 0. The molecule has 0 atom stereocenters. The van der Waals surface area contributed by atoms with Crippen LogP contribution < -0.4 is 0 Å². The van der Waals surface area contributed by atoms with Crippen LogP contribution >= 0.6 is 0 Å². The topological polar surface area (TPSA) is 155 Å². The van der Waals surface area contributed by atoms with Crippen LogP contribution in [0.5, 0.6) is 0 Å². The molecule has 0 unspecified atom stereocenters. The highest BCUT2D eigenvalue weighted by molar-refractivity contribution is 6.20. The van der Waals surface area contributed by atoms with Gasteiger partial charge in [0.1, 0.15) is 33.5 Å². The third-order valence-corrected chi connectivity index (χ3v) is 24.9. The molecule has 0 saturated carbocycles. The summed E-state index contributed by atoms with van der Waals surface area (Å²) < 4.78 is 18.7. The van der Waals surface area contributed by atoms with Crippen molar-refractivity contribution in [1.82, 2.24) is 44.9 Å². The number of aromatic nitrogens is 9. The first kappa shape index (κ1) is 78.4. The summed E-state index contributed by atoms with van der Waals surface area (Å²) in [5, 5.41) is 15.6. The zero-order valence-electron chi connectivity index (χ0n) is 71.6. The van der Waals surface area contributed by atoms with Crippen molar-refractivity contribution in [3.05, 3.63) is 455 Å².